The number of rotatable bonds is 4. The first-order valence-corrected chi connectivity index (χ1v) is 5.35. The number of aromatic nitrogens is 1. The summed E-state index contributed by atoms with van der Waals surface area (Å²) >= 11 is 0. The Bertz CT molecular complexity index is 602. The number of carbonyl (C=O) groups is 2. The van der Waals surface area contributed by atoms with E-state index in [9.17, 15) is 9.59 Å². The molecule has 18 heavy (non-hydrogen) atoms. The third kappa shape index (κ3) is 2.40. The molecule has 0 bridgehead atoms. The molecule has 0 saturated carbocycles. The van der Waals surface area contributed by atoms with Gasteiger partial charge in [0, 0.05) is 18.3 Å². The van der Waals surface area contributed by atoms with Crippen molar-refractivity contribution in [1.29, 1.82) is 0 Å². The molecule has 1 amide bonds. The number of hydrogen-bond donors (Lipinski definition) is 2. The number of hydrogen-bond acceptors (Lipinski definition) is 2. The highest BCUT2D eigenvalue weighted by Crippen LogP contribution is 2.10. The molecule has 0 aliphatic rings. The second-order valence-electron chi connectivity index (χ2n) is 3.89. The average molecular weight is 244 g/mol. The minimum Gasteiger partial charge on any atom is -0.477 e. The van der Waals surface area contributed by atoms with Crippen LogP contribution in [-0.4, -0.2) is 21.6 Å². The topological polar surface area (TPSA) is 85.3 Å². The fraction of sp³-hybridized carbons (Fsp3) is 0.0769. The summed E-state index contributed by atoms with van der Waals surface area (Å²) in [5.74, 6) is -1.48. The summed E-state index contributed by atoms with van der Waals surface area (Å²) in [7, 11) is 0. The molecular formula is C13H12N2O3. The smallest absolute Gasteiger partial charge is 0.352 e. The summed E-state index contributed by atoms with van der Waals surface area (Å²) in [5.41, 5.74) is 6.64. The van der Waals surface area contributed by atoms with Crippen LogP contribution in [0.3, 0.4) is 0 Å². The van der Waals surface area contributed by atoms with Gasteiger partial charge >= 0.3 is 5.97 Å². The molecule has 0 radical (unpaired) electrons. The molecule has 5 heteroatoms. The lowest BCUT2D eigenvalue weighted by atomic mass is 10.1. The van der Waals surface area contributed by atoms with E-state index >= 15 is 0 Å². The van der Waals surface area contributed by atoms with E-state index in [0.717, 1.165) is 5.56 Å². The van der Waals surface area contributed by atoms with Crippen LogP contribution in [0.5, 0.6) is 0 Å². The zero-order valence-electron chi connectivity index (χ0n) is 9.54. The van der Waals surface area contributed by atoms with E-state index in [4.69, 9.17) is 10.8 Å². The maximum absolute atomic E-state index is 11.1. The predicted molar refractivity (Wildman–Crippen MR) is 65.5 cm³/mol. The van der Waals surface area contributed by atoms with Gasteiger partial charge in [0.25, 0.3) is 0 Å². The number of carbonyl (C=O) groups excluding carboxylic acids is 1. The van der Waals surface area contributed by atoms with Crippen LogP contribution < -0.4 is 5.73 Å². The second-order valence-corrected chi connectivity index (χ2v) is 3.89. The van der Waals surface area contributed by atoms with Crippen LogP contribution in [0.2, 0.25) is 0 Å². The van der Waals surface area contributed by atoms with Crippen molar-refractivity contribution >= 4 is 11.9 Å². The molecule has 92 valence electrons. The van der Waals surface area contributed by atoms with Crippen LogP contribution in [0.25, 0.3) is 0 Å². The molecule has 0 spiro atoms. The Balaban J connectivity index is 2.28. The van der Waals surface area contributed by atoms with Crippen molar-refractivity contribution < 1.29 is 14.7 Å². The number of benzene rings is 1. The van der Waals surface area contributed by atoms with E-state index in [2.05, 4.69) is 0 Å². The third-order valence-electron chi connectivity index (χ3n) is 2.61. The zero-order valence-corrected chi connectivity index (χ0v) is 9.54. The number of carboxylic acid groups (broad SMARTS) is 1. The van der Waals surface area contributed by atoms with Gasteiger partial charge in [-0.2, -0.15) is 0 Å². The molecule has 0 aliphatic heterocycles. The van der Waals surface area contributed by atoms with Gasteiger partial charge in [0.2, 0.25) is 5.91 Å². The van der Waals surface area contributed by atoms with Gasteiger partial charge in [-0.15, -0.1) is 0 Å². The van der Waals surface area contributed by atoms with Gasteiger partial charge in [-0.25, -0.2) is 4.79 Å². The maximum atomic E-state index is 11.1. The second kappa shape index (κ2) is 4.75. The van der Waals surface area contributed by atoms with Gasteiger partial charge in [-0.1, -0.05) is 12.1 Å². The summed E-state index contributed by atoms with van der Waals surface area (Å²) in [5, 5.41) is 8.98. The minimum absolute atomic E-state index is 0.208. The molecule has 2 aromatic rings. The summed E-state index contributed by atoms with van der Waals surface area (Å²) < 4.78 is 1.60. The van der Waals surface area contributed by atoms with Crippen LogP contribution in [-0.2, 0) is 6.54 Å². The average Bonchev–Trinajstić information content (AvgIpc) is 2.77. The SMILES string of the molecule is NC(=O)c1cccc(Cn2cccc2C(=O)O)c1. The Morgan fingerprint density at radius 1 is 1.22 bits per heavy atom. The van der Waals surface area contributed by atoms with E-state index in [-0.39, 0.29) is 5.69 Å². The molecule has 0 fully saturated rings. The molecule has 1 heterocycles. The fourth-order valence-corrected chi connectivity index (χ4v) is 1.77. The molecule has 0 aliphatic carbocycles. The Hall–Kier alpha value is -2.56. The first-order valence-electron chi connectivity index (χ1n) is 5.35. The van der Waals surface area contributed by atoms with Crippen LogP contribution in [0, 0.1) is 0 Å². The first kappa shape index (κ1) is 11.9. The summed E-state index contributed by atoms with van der Waals surface area (Å²) in [4.78, 5) is 22.0. The van der Waals surface area contributed by atoms with Crippen molar-refractivity contribution in [3.05, 3.63) is 59.4 Å². The Kier molecular flexibility index (Phi) is 3.14. The van der Waals surface area contributed by atoms with Gasteiger partial charge in [0.15, 0.2) is 0 Å². The molecule has 5 nitrogen and oxygen atoms in total. The van der Waals surface area contributed by atoms with Gasteiger partial charge in [-0.3, -0.25) is 4.79 Å². The highest BCUT2D eigenvalue weighted by molar-refractivity contribution is 5.92. The number of primary amides is 1. The van der Waals surface area contributed by atoms with E-state index in [1.807, 2.05) is 6.07 Å². The fourth-order valence-electron chi connectivity index (χ4n) is 1.77. The van der Waals surface area contributed by atoms with Crippen molar-refractivity contribution in [2.24, 2.45) is 5.73 Å². The molecule has 0 unspecified atom stereocenters. The lowest BCUT2D eigenvalue weighted by Gasteiger charge is -2.07. The Morgan fingerprint density at radius 2 is 2.00 bits per heavy atom. The van der Waals surface area contributed by atoms with Crippen LogP contribution in [0.4, 0.5) is 0 Å². The minimum atomic E-state index is -0.981. The standard InChI is InChI=1S/C13H12N2O3/c14-12(16)10-4-1-3-9(7-10)8-15-6-2-5-11(15)13(17)18/h1-7H,8H2,(H2,14,16)(H,17,18). The molecule has 0 atom stereocenters. The number of carboxylic acids is 1. The number of aromatic carboxylic acids is 1. The van der Waals surface area contributed by atoms with Gasteiger partial charge in [0.1, 0.15) is 5.69 Å². The van der Waals surface area contributed by atoms with Gasteiger partial charge < -0.3 is 15.4 Å². The van der Waals surface area contributed by atoms with Crippen molar-refractivity contribution in [2.75, 3.05) is 0 Å². The van der Waals surface area contributed by atoms with Crippen molar-refractivity contribution in [1.82, 2.24) is 4.57 Å². The van der Waals surface area contributed by atoms with E-state index in [0.29, 0.717) is 12.1 Å². The lowest BCUT2D eigenvalue weighted by Crippen LogP contribution is -2.12. The molecule has 1 aromatic carbocycles. The Morgan fingerprint density at radius 3 is 2.67 bits per heavy atom. The monoisotopic (exact) mass is 244 g/mol. The van der Waals surface area contributed by atoms with E-state index in [1.54, 1.807) is 35.0 Å². The van der Waals surface area contributed by atoms with Gasteiger partial charge in [-0.05, 0) is 29.8 Å². The predicted octanol–water partition coefficient (Wildman–Crippen LogP) is 1.33. The van der Waals surface area contributed by atoms with E-state index in [1.165, 1.54) is 6.07 Å². The number of nitrogens with two attached hydrogens (primary N) is 1. The quantitative estimate of drug-likeness (QED) is 0.850. The van der Waals surface area contributed by atoms with Crippen molar-refractivity contribution in [2.45, 2.75) is 6.54 Å². The van der Waals surface area contributed by atoms with E-state index < -0.39 is 11.9 Å². The highest BCUT2D eigenvalue weighted by Gasteiger charge is 2.09. The molecular weight excluding hydrogens is 232 g/mol. The largest absolute Gasteiger partial charge is 0.477 e. The highest BCUT2D eigenvalue weighted by atomic mass is 16.4. The summed E-state index contributed by atoms with van der Waals surface area (Å²) in [6.45, 7) is 0.385. The molecule has 1 aromatic heterocycles. The van der Waals surface area contributed by atoms with Crippen LogP contribution in [0.15, 0.2) is 42.6 Å². The van der Waals surface area contributed by atoms with Crippen molar-refractivity contribution in [3.8, 4) is 0 Å². The van der Waals surface area contributed by atoms with Crippen molar-refractivity contribution in [3.63, 3.8) is 0 Å². The maximum Gasteiger partial charge on any atom is 0.352 e. The zero-order chi connectivity index (χ0) is 13.1. The molecule has 3 N–H and O–H groups in total. The third-order valence-corrected chi connectivity index (χ3v) is 2.61. The Labute approximate surface area is 103 Å². The summed E-state index contributed by atoms with van der Waals surface area (Å²) in [6.07, 6.45) is 1.68. The molecule has 2 rings (SSSR count). The van der Waals surface area contributed by atoms with Crippen LogP contribution >= 0.6 is 0 Å². The number of nitrogens with zero attached hydrogens (tertiary/aromatic N) is 1. The number of amides is 1. The first-order chi connectivity index (χ1) is 8.58. The van der Waals surface area contributed by atoms with Gasteiger partial charge in [0.05, 0.1) is 0 Å². The lowest BCUT2D eigenvalue weighted by molar-refractivity contribution is 0.0685. The normalized spacial score (nSPS) is 10.2. The summed E-state index contributed by atoms with van der Waals surface area (Å²) in [6, 6.07) is 10.0. The van der Waals surface area contributed by atoms with Crippen LogP contribution in [0.1, 0.15) is 26.4 Å². The molecule has 0 saturated heterocycles.